The molecule has 110 valence electrons. The molecule has 21 heavy (non-hydrogen) atoms. The maximum atomic E-state index is 13.6. The molecular formula is C14H13FN2O4. The van der Waals surface area contributed by atoms with Crippen LogP contribution >= 0.6 is 0 Å². The number of phenols is 1. The first kappa shape index (κ1) is 14.6. The number of aromatic hydroxyl groups is 1. The van der Waals surface area contributed by atoms with Gasteiger partial charge in [-0.15, -0.1) is 0 Å². The van der Waals surface area contributed by atoms with Crippen LogP contribution in [-0.2, 0) is 6.54 Å². The zero-order valence-electron chi connectivity index (χ0n) is 11.2. The van der Waals surface area contributed by atoms with Gasteiger partial charge in [0.25, 0.3) is 5.69 Å². The van der Waals surface area contributed by atoms with E-state index in [-0.39, 0.29) is 23.7 Å². The monoisotopic (exact) mass is 292 g/mol. The second kappa shape index (κ2) is 6.08. The van der Waals surface area contributed by atoms with E-state index in [9.17, 15) is 19.6 Å². The van der Waals surface area contributed by atoms with Crippen LogP contribution in [0.3, 0.4) is 0 Å². The van der Waals surface area contributed by atoms with Crippen LogP contribution in [0.2, 0.25) is 0 Å². The number of nitro benzene ring substituents is 1. The number of halogens is 1. The Bertz CT molecular complexity index is 676. The minimum absolute atomic E-state index is 0.00257. The molecule has 6 nitrogen and oxygen atoms in total. The zero-order valence-corrected chi connectivity index (χ0v) is 11.2. The first-order valence-corrected chi connectivity index (χ1v) is 6.05. The Kier molecular flexibility index (Phi) is 4.22. The average molecular weight is 292 g/mol. The molecule has 0 aliphatic rings. The van der Waals surface area contributed by atoms with Crippen molar-refractivity contribution in [2.24, 2.45) is 0 Å². The minimum Gasteiger partial charge on any atom is -0.504 e. The van der Waals surface area contributed by atoms with Crippen molar-refractivity contribution >= 4 is 11.4 Å². The molecule has 0 amide bonds. The van der Waals surface area contributed by atoms with Crippen molar-refractivity contribution in [3.63, 3.8) is 0 Å². The summed E-state index contributed by atoms with van der Waals surface area (Å²) in [5.41, 5.74) is 0.578. The van der Waals surface area contributed by atoms with Crippen LogP contribution in [0.15, 0.2) is 36.4 Å². The Morgan fingerprint density at radius 3 is 2.76 bits per heavy atom. The molecule has 0 spiro atoms. The fourth-order valence-electron chi connectivity index (χ4n) is 1.79. The Labute approximate surface area is 119 Å². The van der Waals surface area contributed by atoms with Gasteiger partial charge in [-0.2, -0.15) is 0 Å². The highest BCUT2D eigenvalue weighted by molar-refractivity contribution is 5.53. The number of nitro groups is 1. The third-order valence-electron chi connectivity index (χ3n) is 2.89. The van der Waals surface area contributed by atoms with Gasteiger partial charge in [0, 0.05) is 18.7 Å². The minimum atomic E-state index is -0.589. The molecule has 2 rings (SSSR count). The lowest BCUT2D eigenvalue weighted by atomic mass is 10.2. The van der Waals surface area contributed by atoms with Crippen molar-refractivity contribution in [2.75, 3.05) is 12.4 Å². The number of hydrogen-bond donors (Lipinski definition) is 2. The quantitative estimate of drug-likeness (QED) is 0.653. The smallest absolute Gasteiger partial charge is 0.271 e. The number of phenolic OH excluding ortho intramolecular Hbond substituents is 1. The molecule has 7 heteroatoms. The largest absolute Gasteiger partial charge is 0.504 e. The first-order valence-electron chi connectivity index (χ1n) is 6.05. The van der Waals surface area contributed by atoms with Crippen molar-refractivity contribution in [1.82, 2.24) is 0 Å². The van der Waals surface area contributed by atoms with Gasteiger partial charge in [-0.25, -0.2) is 4.39 Å². The molecule has 0 saturated heterocycles. The molecule has 2 aromatic carbocycles. The molecule has 0 aliphatic heterocycles. The van der Waals surface area contributed by atoms with Crippen LogP contribution in [-0.4, -0.2) is 17.1 Å². The molecule has 0 fully saturated rings. The van der Waals surface area contributed by atoms with Gasteiger partial charge >= 0.3 is 0 Å². The SMILES string of the molecule is COc1cc(CNc2cc([N+](=O)[O-])ccc2F)ccc1O. The van der Waals surface area contributed by atoms with Crippen LogP contribution < -0.4 is 10.1 Å². The summed E-state index contributed by atoms with van der Waals surface area (Å²) >= 11 is 0. The molecule has 0 unspecified atom stereocenters. The first-order chi connectivity index (χ1) is 10.0. The van der Waals surface area contributed by atoms with Gasteiger partial charge in [-0.05, 0) is 23.8 Å². The lowest BCUT2D eigenvalue weighted by Gasteiger charge is -2.09. The van der Waals surface area contributed by atoms with E-state index < -0.39 is 10.7 Å². The maximum Gasteiger partial charge on any atom is 0.271 e. The van der Waals surface area contributed by atoms with Crippen molar-refractivity contribution < 1.29 is 19.2 Å². The van der Waals surface area contributed by atoms with Crippen molar-refractivity contribution in [3.05, 3.63) is 57.9 Å². The molecule has 0 saturated carbocycles. The summed E-state index contributed by atoms with van der Waals surface area (Å²) in [5, 5.41) is 22.9. The predicted octanol–water partition coefficient (Wildman–Crippen LogP) is 3.06. The Hall–Kier alpha value is -2.83. The summed E-state index contributed by atoms with van der Waals surface area (Å²) in [7, 11) is 1.42. The molecule has 0 aromatic heterocycles. The maximum absolute atomic E-state index is 13.6. The molecule has 0 atom stereocenters. The van der Waals surface area contributed by atoms with Gasteiger partial charge in [0.05, 0.1) is 17.7 Å². The molecule has 0 heterocycles. The molecule has 0 radical (unpaired) electrons. The van der Waals surface area contributed by atoms with Gasteiger partial charge in [0.15, 0.2) is 11.5 Å². The second-order valence-corrected chi connectivity index (χ2v) is 4.28. The fourth-order valence-corrected chi connectivity index (χ4v) is 1.79. The predicted molar refractivity (Wildman–Crippen MR) is 75.0 cm³/mol. The topological polar surface area (TPSA) is 84.6 Å². The second-order valence-electron chi connectivity index (χ2n) is 4.28. The standard InChI is InChI=1S/C14H13FN2O4/c1-21-14-6-9(2-5-13(14)18)8-16-12-7-10(17(19)20)3-4-11(12)15/h2-7,16,18H,8H2,1H3. The van der Waals surface area contributed by atoms with Crippen molar-refractivity contribution in [3.8, 4) is 11.5 Å². The molecule has 2 N–H and O–H groups in total. The summed E-state index contributed by atoms with van der Waals surface area (Å²) in [5.74, 6) is -0.275. The van der Waals surface area contributed by atoms with E-state index in [1.54, 1.807) is 12.1 Å². The van der Waals surface area contributed by atoms with Crippen LogP contribution in [0.1, 0.15) is 5.56 Å². The number of anilines is 1. The van der Waals surface area contributed by atoms with Crippen molar-refractivity contribution in [2.45, 2.75) is 6.54 Å². The van der Waals surface area contributed by atoms with E-state index >= 15 is 0 Å². The highest BCUT2D eigenvalue weighted by atomic mass is 19.1. The summed E-state index contributed by atoms with van der Waals surface area (Å²) in [6, 6.07) is 7.96. The summed E-state index contributed by atoms with van der Waals surface area (Å²) in [6.45, 7) is 0.231. The van der Waals surface area contributed by atoms with E-state index in [0.29, 0.717) is 5.75 Å². The van der Waals surface area contributed by atoms with Gasteiger partial charge < -0.3 is 15.2 Å². The number of hydrogen-bond acceptors (Lipinski definition) is 5. The van der Waals surface area contributed by atoms with Crippen LogP contribution in [0.4, 0.5) is 15.8 Å². The third kappa shape index (κ3) is 3.38. The number of ether oxygens (including phenoxy) is 1. The fraction of sp³-hybridized carbons (Fsp3) is 0.143. The number of rotatable bonds is 5. The zero-order chi connectivity index (χ0) is 15.4. The summed E-state index contributed by atoms with van der Waals surface area (Å²) in [6.07, 6.45) is 0. The molecule has 2 aromatic rings. The number of methoxy groups -OCH3 is 1. The van der Waals surface area contributed by atoms with E-state index in [2.05, 4.69) is 5.32 Å². The van der Waals surface area contributed by atoms with E-state index in [4.69, 9.17) is 4.74 Å². The average Bonchev–Trinajstić information content (AvgIpc) is 2.47. The van der Waals surface area contributed by atoms with Crippen LogP contribution in [0.5, 0.6) is 11.5 Å². The number of benzene rings is 2. The van der Waals surface area contributed by atoms with E-state index in [1.807, 2.05) is 0 Å². The van der Waals surface area contributed by atoms with E-state index in [1.165, 1.54) is 13.2 Å². The van der Waals surface area contributed by atoms with Gasteiger partial charge in [0.1, 0.15) is 5.82 Å². The summed E-state index contributed by atoms with van der Waals surface area (Å²) in [4.78, 5) is 10.1. The molecule has 0 aliphatic carbocycles. The Morgan fingerprint density at radius 1 is 1.33 bits per heavy atom. The number of nitrogens with zero attached hydrogens (tertiary/aromatic N) is 1. The third-order valence-corrected chi connectivity index (χ3v) is 2.89. The van der Waals surface area contributed by atoms with Crippen LogP contribution in [0, 0.1) is 15.9 Å². The Morgan fingerprint density at radius 2 is 2.10 bits per heavy atom. The van der Waals surface area contributed by atoms with E-state index in [0.717, 1.165) is 23.8 Å². The van der Waals surface area contributed by atoms with Gasteiger partial charge in [0.2, 0.25) is 0 Å². The summed E-state index contributed by atoms with van der Waals surface area (Å²) < 4.78 is 18.6. The molecular weight excluding hydrogens is 279 g/mol. The lowest BCUT2D eigenvalue weighted by Crippen LogP contribution is -2.02. The number of non-ortho nitro benzene ring substituents is 1. The highest BCUT2D eigenvalue weighted by Gasteiger charge is 2.11. The van der Waals surface area contributed by atoms with Gasteiger partial charge in [-0.3, -0.25) is 10.1 Å². The lowest BCUT2D eigenvalue weighted by molar-refractivity contribution is -0.384. The van der Waals surface area contributed by atoms with Crippen LogP contribution in [0.25, 0.3) is 0 Å². The highest BCUT2D eigenvalue weighted by Crippen LogP contribution is 2.27. The Balaban J connectivity index is 2.16. The number of nitrogens with one attached hydrogen (secondary N) is 1. The molecule has 0 bridgehead atoms. The van der Waals surface area contributed by atoms with Crippen molar-refractivity contribution in [1.29, 1.82) is 0 Å². The van der Waals surface area contributed by atoms with Gasteiger partial charge in [-0.1, -0.05) is 6.07 Å². The normalized spacial score (nSPS) is 10.2.